The summed E-state index contributed by atoms with van der Waals surface area (Å²) in [5.74, 6) is 0.708. The smallest absolute Gasteiger partial charge is 0.146 e. The molecule has 1 aromatic carbocycles. The lowest BCUT2D eigenvalue weighted by molar-refractivity contribution is 1.22. The van der Waals surface area contributed by atoms with Crippen LogP contribution in [0.1, 0.15) is 5.69 Å². The molecular weight excluding hydrogens is 236 g/mol. The first-order valence-corrected chi connectivity index (χ1v) is 5.98. The highest BCUT2D eigenvalue weighted by Crippen LogP contribution is 2.10. The molecule has 0 aliphatic heterocycles. The molecule has 2 aromatic heterocycles. The highest BCUT2D eigenvalue weighted by atomic mass is 15.3. The van der Waals surface area contributed by atoms with Gasteiger partial charge in [-0.3, -0.25) is 5.43 Å². The van der Waals surface area contributed by atoms with E-state index in [9.17, 15) is 0 Å². The van der Waals surface area contributed by atoms with Gasteiger partial charge in [0.15, 0.2) is 0 Å². The third kappa shape index (κ3) is 2.74. The zero-order valence-corrected chi connectivity index (χ0v) is 10.2. The first-order chi connectivity index (χ1) is 9.42. The van der Waals surface area contributed by atoms with E-state index in [1.165, 1.54) is 0 Å². The van der Waals surface area contributed by atoms with Gasteiger partial charge in [0.25, 0.3) is 0 Å². The lowest BCUT2D eigenvalue weighted by Gasteiger charge is -1.99. The van der Waals surface area contributed by atoms with Gasteiger partial charge in [-0.1, -0.05) is 30.3 Å². The number of hydrogen-bond donors (Lipinski definition) is 1. The van der Waals surface area contributed by atoms with Crippen molar-refractivity contribution in [2.45, 2.75) is 0 Å². The zero-order chi connectivity index (χ0) is 12.9. The molecule has 2 heterocycles. The summed E-state index contributed by atoms with van der Waals surface area (Å²) in [5, 5.41) is 5.24. The highest BCUT2D eigenvalue weighted by Gasteiger charge is 1.95. The molecule has 0 unspecified atom stereocenters. The third-order valence-corrected chi connectivity index (χ3v) is 2.66. The number of aromatic nitrogens is 2. The molecule has 92 valence electrons. The van der Waals surface area contributed by atoms with Gasteiger partial charge < -0.3 is 0 Å². The van der Waals surface area contributed by atoms with Crippen LogP contribution in [0.2, 0.25) is 0 Å². The second-order valence-electron chi connectivity index (χ2n) is 4.01. The van der Waals surface area contributed by atoms with Crippen LogP contribution in [-0.2, 0) is 0 Å². The summed E-state index contributed by atoms with van der Waals surface area (Å²) in [6.45, 7) is 0. The molecule has 0 aliphatic rings. The van der Waals surface area contributed by atoms with Crippen molar-refractivity contribution in [3.63, 3.8) is 0 Å². The van der Waals surface area contributed by atoms with Gasteiger partial charge >= 0.3 is 0 Å². The Morgan fingerprint density at radius 2 is 1.84 bits per heavy atom. The number of benzene rings is 1. The number of nitrogens with zero attached hydrogens (tertiary/aromatic N) is 3. The maximum Gasteiger partial charge on any atom is 0.146 e. The minimum Gasteiger partial charge on any atom is -0.261 e. The van der Waals surface area contributed by atoms with Crippen LogP contribution in [-0.4, -0.2) is 16.2 Å². The van der Waals surface area contributed by atoms with Crippen LogP contribution in [0.4, 0.5) is 5.82 Å². The molecule has 0 aliphatic carbocycles. The maximum absolute atomic E-state index is 4.50. The van der Waals surface area contributed by atoms with Gasteiger partial charge in [-0.15, -0.1) is 0 Å². The highest BCUT2D eigenvalue weighted by molar-refractivity contribution is 5.85. The summed E-state index contributed by atoms with van der Waals surface area (Å²) in [6, 6.07) is 17.6. The molecule has 1 N–H and O–H groups in total. The van der Waals surface area contributed by atoms with E-state index in [0.717, 1.165) is 16.6 Å². The summed E-state index contributed by atoms with van der Waals surface area (Å²) >= 11 is 0. The molecule has 3 aromatic rings. The molecule has 19 heavy (non-hydrogen) atoms. The molecule has 0 radical (unpaired) electrons. The Morgan fingerprint density at radius 1 is 0.947 bits per heavy atom. The first kappa shape index (κ1) is 11.3. The Hall–Kier alpha value is -2.75. The Kier molecular flexibility index (Phi) is 3.14. The lowest BCUT2D eigenvalue weighted by atomic mass is 10.2. The van der Waals surface area contributed by atoms with Gasteiger partial charge in [-0.25, -0.2) is 9.97 Å². The van der Waals surface area contributed by atoms with Crippen molar-refractivity contribution in [1.82, 2.24) is 9.97 Å². The second kappa shape index (κ2) is 5.27. The standard InChI is InChI=1S/C15H12N4/c1-2-6-14-12(5-1)8-9-13(18-14)11-17-19-15-7-3-4-10-16-15/h1-11H,(H,16,19)/b17-11+. The Morgan fingerprint density at radius 3 is 2.74 bits per heavy atom. The van der Waals surface area contributed by atoms with E-state index in [4.69, 9.17) is 0 Å². The van der Waals surface area contributed by atoms with Crippen LogP contribution in [0, 0.1) is 0 Å². The second-order valence-corrected chi connectivity index (χ2v) is 4.01. The summed E-state index contributed by atoms with van der Waals surface area (Å²) in [7, 11) is 0. The SMILES string of the molecule is C(=N\Nc1ccccn1)/c1ccc2ccccc2n1. The molecule has 3 rings (SSSR count). The maximum atomic E-state index is 4.50. The van der Waals surface area contributed by atoms with Crippen molar-refractivity contribution >= 4 is 22.9 Å². The number of anilines is 1. The predicted molar refractivity (Wildman–Crippen MR) is 77.2 cm³/mol. The summed E-state index contributed by atoms with van der Waals surface area (Å²) in [5.41, 5.74) is 4.63. The van der Waals surface area contributed by atoms with Crippen molar-refractivity contribution in [3.05, 3.63) is 66.5 Å². The van der Waals surface area contributed by atoms with E-state index in [2.05, 4.69) is 20.5 Å². The largest absolute Gasteiger partial charge is 0.261 e. The summed E-state index contributed by atoms with van der Waals surface area (Å²) in [6.07, 6.45) is 3.40. The molecule has 0 saturated carbocycles. The number of pyridine rings is 2. The minimum absolute atomic E-state index is 0.708. The van der Waals surface area contributed by atoms with Crippen molar-refractivity contribution in [1.29, 1.82) is 0 Å². The zero-order valence-electron chi connectivity index (χ0n) is 10.2. The fourth-order valence-electron chi connectivity index (χ4n) is 1.75. The Labute approximate surface area is 110 Å². The number of nitrogens with one attached hydrogen (secondary N) is 1. The fourth-order valence-corrected chi connectivity index (χ4v) is 1.75. The molecule has 4 nitrogen and oxygen atoms in total. The van der Waals surface area contributed by atoms with Crippen LogP contribution >= 0.6 is 0 Å². The molecule has 0 atom stereocenters. The van der Waals surface area contributed by atoms with Crippen molar-refractivity contribution in [2.75, 3.05) is 5.43 Å². The van der Waals surface area contributed by atoms with Gasteiger partial charge in [-0.2, -0.15) is 5.10 Å². The molecule has 4 heteroatoms. The molecule has 0 bridgehead atoms. The molecule has 0 saturated heterocycles. The third-order valence-electron chi connectivity index (χ3n) is 2.66. The number of hydrogen-bond acceptors (Lipinski definition) is 4. The number of fused-ring (bicyclic) bond motifs is 1. The van der Waals surface area contributed by atoms with Gasteiger partial charge in [0.2, 0.25) is 0 Å². The van der Waals surface area contributed by atoms with Crippen LogP contribution in [0.25, 0.3) is 10.9 Å². The van der Waals surface area contributed by atoms with E-state index in [1.54, 1.807) is 12.4 Å². The van der Waals surface area contributed by atoms with Crippen molar-refractivity contribution in [3.8, 4) is 0 Å². The van der Waals surface area contributed by atoms with Crippen LogP contribution < -0.4 is 5.43 Å². The normalized spacial score (nSPS) is 10.9. The van der Waals surface area contributed by atoms with E-state index < -0.39 is 0 Å². The van der Waals surface area contributed by atoms with Crippen molar-refractivity contribution < 1.29 is 0 Å². The Balaban J connectivity index is 1.78. The van der Waals surface area contributed by atoms with Crippen LogP contribution in [0.5, 0.6) is 0 Å². The number of rotatable bonds is 3. The van der Waals surface area contributed by atoms with Crippen molar-refractivity contribution in [2.24, 2.45) is 5.10 Å². The average molecular weight is 248 g/mol. The molecular formula is C15H12N4. The van der Waals surface area contributed by atoms with Gasteiger partial charge in [0.1, 0.15) is 5.82 Å². The number of para-hydroxylation sites is 1. The van der Waals surface area contributed by atoms with Gasteiger partial charge in [-0.05, 0) is 24.3 Å². The van der Waals surface area contributed by atoms with E-state index in [-0.39, 0.29) is 0 Å². The number of hydrazone groups is 1. The predicted octanol–water partition coefficient (Wildman–Crippen LogP) is 3.08. The van der Waals surface area contributed by atoms with E-state index in [0.29, 0.717) is 5.82 Å². The topological polar surface area (TPSA) is 50.2 Å². The van der Waals surface area contributed by atoms with E-state index in [1.807, 2.05) is 54.6 Å². The summed E-state index contributed by atoms with van der Waals surface area (Å²) in [4.78, 5) is 8.61. The van der Waals surface area contributed by atoms with Crippen LogP contribution in [0.15, 0.2) is 65.9 Å². The fraction of sp³-hybridized carbons (Fsp3) is 0. The molecule has 0 spiro atoms. The average Bonchev–Trinajstić information content (AvgIpc) is 2.48. The molecule has 0 fully saturated rings. The van der Waals surface area contributed by atoms with Gasteiger partial charge in [0, 0.05) is 11.6 Å². The monoisotopic (exact) mass is 248 g/mol. The van der Waals surface area contributed by atoms with Gasteiger partial charge in [0.05, 0.1) is 17.4 Å². The molecule has 0 amide bonds. The Bertz CT molecular complexity index is 707. The van der Waals surface area contributed by atoms with E-state index >= 15 is 0 Å². The van der Waals surface area contributed by atoms with Crippen LogP contribution in [0.3, 0.4) is 0 Å². The quantitative estimate of drug-likeness (QED) is 0.572. The minimum atomic E-state index is 0.708. The first-order valence-electron chi connectivity index (χ1n) is 5.98. The summed E-state index contributed by atoms with van der Waals surface area (Å²) < 4.78 is 0. The lowest BCUT2D eigenvalue weighted by Crippen LogP contribution is -1.94.